The van der Waals surface area contributed by atoms with Gasteiger partial charge in [0.2, 0.25) is 0 Å². The van der Waals surface area contributed by atoms with Crippen LogP contribution in [0.15, 0.2) is 59.3 Å². The Morgan fingerprint density at radius 3 is 2.00 bits per heavy atom. The Morgan fingerprint density at radius 1 is 0.806 bits per heavy atom. The highest BCUT2D eigenvalue weighted by Gasteiger charge is 2.18. The summed E-state index contributed by atoms with van der Waals surface area (Å²) >= 11 is 2.74. The van der Waals surface area contributed by atoms with Gasteiger partial charge in [-0.1, -0.05) is 0 Å². The molecule has 5 aromatic rings. The van der Waals surface area contributed by atoms with Crippen molar-refractivity contribution in [2.75, 3.05) is 0 Å². The van der Waals surface area contributed by atoms with Gasteiger partial charge in [-0.25, -0.2) is 23.7 Å². The van der Waals surface area contributed by atoms with E-state index in [2.05, 4.69) is 15.8 Å². The Bertz CT molecular complexity index is 1900. The fourth-order valence-electron chi connectivity index (χ4n) is 4.30. The van der Waals surface area contributed by atoms with Gasteiger partial charge in [0, 0.05) is 36.9 Å². The van der Waals surface area contributed by atoms with Crippen molar-refractivity contribution in [1.82, 2.24) is 0 Å². The lowest BCUT2D eigenvalue weighted by molar-refractivity contribution is 0.582. The van der Waals surface area contributed by atoms with Crippen LogP contribution in [0.3, 0.4) is 0 Å². The fourth-order valence-corrected chi connectivity index (χ4v) is 6.23. The zero-order valence-electron chi connectivity index (χ0n) is 18.1. The highest BCUT2D eigenvalue weighted by Crippen LogP contribution is 2.31. The van der Waals surface area contributed by atoms with Gasteiger partial charge in [0.15, 0.2) is 5.69 Å². The van der Waals surface area contributed by atoms with Crippen LogP contribution in [-0.2, 0) is 0 Å². The number of thiophene rings is 2. The second kappa shape index (κ2) is 9.06. The number of hydrogen-bond acceptors (Lipinski definition) is 4. The van der Waals surface area contributed by atoms with Crippen LogP contribution in [0.25, 0.3) is 41.1 Å². The summed E-state index contributed by atoms with van der Waals surface area (Å²) in [7, 11) is 0. The summed E-state index contributed by atoms with van der Waals surface area (Å²) < 4.78 is 30.3. The highest BCUT2D eigenvalue weighted by molar-refractivity contribution is 7.18. The van der Waals surface area contributed by atoms with Gasteiger partial charge >= 0.3 is 0 Å². The first-order valence-electron chi connectivity index (χ1n) is 10.3. The predicted molar refractivity (Wildman–Crippen MR) is 137 cm³/mol. The van der Waals surface area contributed by atoms with Crippen molar-refractivity contribution in [1.29, 1.82) is 10.5 Å². The van der Waals surface area contributed by atoms with Crippen molar-refractivity contribution < 1.29 is 8.78 Å². The van der Waals surface area contributed by atoms with E-state index in [-0.39, 0.29) is 22.5 Å². The van der Waals surface area contributed by atoms with E-state index >= 15 is 0 Å². The molecular weight excluding hydrogens is 494 g/mol. The highest BCUT2D eigenvalue weighted by atomic mass is 32.1. The Morgan fingerprint density at radius 2 is 1.42 bits per heavy atom. The molecule has 0 aliphatic heterocycles. The number of rotatable bonds is 2. The standard InChI is InChI=1S/C28H10F2N4S2/c1-33-20-8-15(13-31)7-16(11-20)24(17-9-18(29)12-19(30)10-17)26-22-4-6-35-27(22)25(23(14-32)34-2)21-3-5-36-28(21)26/h3-12H/b25-23-,26-24-. The van der Waals surface area contributed by atoms with E-state index in [4.69, 9.17) is 13.1 Å². The third kappa shape index (κ3) is 3.68. The minimum Gasteiger partial charge on any atom is -0.238 e. The van der Waals surface area contributed by atoms with Gasteiger partial charge in [0.05, 0.1) is 25.3 Å². The van der Waals surface area contributed by atoms with Crippen LogP contribution < -0.4 is 10.4 Å². The molecule has 3 aromatic carbocycles. The molecule has 5 rings (SSSR count). The summed E-state index contributed by atoms with van der Waals surface area (Å²) in [6.45, 7) is 15.0. The molecular formula is C28H10F2N4S2. The van der Waals surface area contributed by atoms with Gasteiger partial charge in [-0.15, -0.1) is 22.7 Å². The summed E-state index contributed by atoms with van der Waals surface area (Å²) in [4.78, 5) is 6.92. The Kier molecular flexibility index (Phi) is 5.77. The van der Waals surface area contributed by atoms with E-state index in [1.807, 2.05) is 29.0 Å². The largest absolute Gasteiger partial charge is 0.271 e. The van der Waals surface area contributed by atoms with Gasteiger partial charge in [0.25, 0.3) is 5.70 Å². The Balaban J connectivity index is 2.15. The molecule has 0 radical (unpaired) electrons. The molecule has 0 aliphatic carbocycles. The minimum atomic E-state index is -0.766. The number of halogens is 2. The summed E-state index contributed by atoms with van der Waals surface area (Å²) in [5, 5.41) is 25.4. The lowest BCUT2D eigenvalue weighted by atomic mass is 9.92. The monoisotopic (exact) mass is 504 g/mol. The molecule has 0 aliphatic rings. The molecule has 0 N–H and O–H groups in total. The first-order chi connectivity index (χ1) is 17.5. The second-order valence-corrected chi connectivity index (χ2v) is 9.51. The van der Waals surface area contributed by atoms with Crippen molar-refractivity contribution in [3.8, 4) is 12.1 Å². The van der Waals surface area contributed by atoms with Crippen LogP contribution in [0, 0.1) is 47.4 Å². The van der Waals surface area contributed by atoms with Crippen molar-refractivity contribution in [3.05, 3.63) is 121 Å². The average molecular weight is 505 g/mol. The quantitative estimate of drug-likeness (QED) is 0.254. The molecule has 0 saturated carbocycles. The molecule has 168 valence electrons. The summed E-state index contributed by atoms with van der Waals surface area (Å²) in [5.74, 6) is -1.53. The lowest BCUT2D eigenvalue weighted by Crippen LogP contribution is -2.17. The first-order valence-corrected chi connectivity index (χ1v) is 12.1. The normalized spacial score (nSPS) is 12.4. The van der Waals surface area contributed by atoms with Gasteiger partial charge in [-0.2, -0.15) is 5.26 Å². The summed E-state index contributed by atoms with van der Waals surface area (Å²) in [5.41, 5.74) is 1.54. The van der Waals surface area contributed by atoms with Gasteiger partial charge in [-0.3, -0.25) is 0 Å². The zero-order chi connectivity index (χ0) is 25.4. The van der Waals surface area contributed by atoms with Crippen molar-refractivity contribution >= 4 is 59.8 Å². The van der Waals surface area contributed by atoms with Crippen LogP contribution in [0.5, 0.6) is 0 Å². The van der Waals surface area contributed by atoms with E-state index in [0.717, 1.165) is 10.8 Å². The molecule has 8 heteroatoms. The molecule has 2 aromatic heterocycles. The number of benzene rings is 3. The molecule has 0 saturated heterocycles. The third-order valence-electron chi connectivity index (χ3n) is 5.64. The SMILES string of the molecule is [C-]#[N+]/C(C#N)=c1/c2ccsc2/c(=C(\c2cc(F)cc(F)c2)c2cc(C#N)cc([N+]#[C-])c2)c2ccsc12. The van der Waals surface area contributed by atoms with E-state index < -0.39 is 11.6 Å². The van der Waals surface area contributed by atoms with Crippen molar-refractivity contribution in [2.24, 2.45) is 0 Å². The zero-order valence-corrected chi connectivity index (χ0v) is 19.8. The van der Waals surface area contributed by atoms with E-state index in [1.165, 1.54) is 40.9 Å². The maximum absolute atomic E-state index is 14.5. The Labute approximate surface area is 211 Å². The number of fused-ring (bicyclic) bond motifs is 2. The molecule has 0 amide bonds. The second-order valence-electron chi connectivity index (χ2n) is 7.67. The van der Waals surface area contributed by atoms with Crippen LogP contribution >= 0.6 is 22.7 Å². The van der Waals surface area contributed by atoms with E-state index in [1.54, 1.807) is 12.1 Å². The molecule has 0 atom stereocenters. The molecule has 2 heterocycles. The fraction of sp³-hybridized carbons (Fsp3) is 0. The van der Waals surface area contributed by atoms with E-state index in [9.17, 15) is 19.3 Å². The minimum absolute atomic E-state index is 0.0440. The lowest BCUT2D eigenvalue weighted by Gasteiger charge is -2.13. The van der Waals surface area contributed by atoms with Gasteiger partial charge < -0.3 is 0 Å². The number of hydrogen-bond donors (Lipinski definition) is 0. The van der Waals surface area contributed by atoms with Crippen LogP contribution in [0.1, 0.15) is 16.7 Å². The van der Waals surface area contributed by atoms with Gasteiger partial charge in [-0.05, 0) is 75.3 Å². The predicted octanol–water partition coefficient (Wildman–Crippen LogP) is 6.62. The molecule has 36 heavy (non-hydrogen) atoms. The van der Waals surface area contributed by atoms with Crippen LogP contribution in [0.4, 0.5) is 14.5 Å². The average Bonchev–Trinajstić information content (AvgIpc) is 3.55. The molecule has 0 fully saturated rings. The third-order valence-corrected chi connectivity index (χ3v) is 7.51. The van der Waals surface area contributed by atoms with Gasteiger partial charge in [0.1, 0.15) is 11.6 Å². The summed E-state index contributed by atoms with van der Waals surface area (Å²) in [6.07, 6.45) is 0. The topological polar surface area (TPSA) is 56.3 Å². The van der Waals surface area contributed by atoms with Crippen molar-refractivity contribution in [3.63, 3.8) is 0 Å². The number of nitrogens with zero attached hydrogens (tertiary/aromatic N) is 4. The molecule has 0 bridgehead atoms. The Hall–Kier alpha value is -4.86. The maximum atomic E-state index is 14.5. The maximum Gasteiger partial charge on any atom is 0.271 e. The smallest absolute Gasteiger partial charge is 0.238 e. The molecule has 0 unspecified atom stereocenters. The first kappa shape index (κ1) is 22.9. The summed E-state index contributed by atoms with van der Waals surface area (Å²) in [6, 6.07) is 15.5. The van der Waals surface area contributed by atoms with Crippen molar-refractivity contribution in [2.45, 2.75) is 0 Å². The molecule has 0 spiro atoms. The van der Waals surface area contributed by atoms with E-state index in [0.29, 0.717) is 37.0 Å². The molecule has 4 nitrogen and oxygen atoms in total. The van der Waals surface area contributed by atoms with Crippen LogP contribution in [-0.4, -0.2) is 0 Å². The number of nitriles is 2. The van der Waals surface area contributed by atoms with Crippen LogP contribution in [0.2, 0.25) is 0 Å².